The van der Waals surface area contributed by atoms with Crippen LogP contribution in [0.15, 0.2) is 48.8 Å². The van der Waals surface area contributed by atoms with Crippen LogP contribution in [0.25, 0.3) is 22.1 Å². The van der Waals surface area contributed by atoms with Gasteiger partial charge in [0.15, 0.2) is 0 Å². The summed E-state index contributed by atoms with van der Waals surface area (Å²) in [5.74, 6) is 0.724. The largest absolute Gasteiger partial charge is 0.346 e. The van der Waals surface area contributed by atoms with E-state index in [1.807, 2.05) is 42.7 Å². The van der Waals surface area contributed by atoms with Crippen molar-refractivity contribution in [2.24, 2.45) is 5.41 Å². The number of aromatic amines is 1. The topological polar surface area (TPSA) is 99.4 Å². The Labute approximate surface area is 191 Å². The van der Waals surface area contributed by atoms with Crippen molar-refractivity contribution in [3.8, 4) is 6.07 Å². The zero-order valence-electron chi connectivity index (χ0n) is 18.5. The lowest BCUT2D eigenvalue weighted by molar-refractivity contribution is -0.115. The van der Waals surface area contributed by atoms with Crippen molar-refractivity contribution in [1.82, 2.24) is 19.5 Å². The van der Waals surface area contributed by atoms with E-state index in [9.17, 15) is 10.1 Å². The molecule has 4 aromatic rings. The third-order valence-corrected chi connectivity index (χ3v) is 7.94. The number of hydrogen-bond donors (Lipinski definition) is 2. The molecule has 7 rings (SSSR count). The highest BCUT2D eigenvalue weighted by molar-refractivity contribution is 6.02. The van der Waals surface area contributed by atoms with E-state index in [1.165, 1.54) is 0 Å². The molecule has 7 nitrogen and oxygen atoms in total. The molecule has 3 aliphatic rings. The summed E-state index contributed by atoms with van der Waals surface area (Å²) in [5.41, 5.74) is 3.63. The molecule has 3 heterocycles. The molecule has 2 N–H and O–H groups in total. The molecule has 0 spiro atoms. The first-order valence-corrected chi connectivity index (χ1v) is 11.7. The summed E-state index contributed by atoms with van der Waals surface area (Å²) in [4.78, 5) is 25.7. The van der Waals surface area contributed by atoms with Gasteiger partial charge < -0.3 is 14.9 Å². The van der Waals surface area contributed by atoms with Gasteiger partial charge in [-0.05, 0) is 62.1 Å². The number of aromatic nitrogens is 4. The molecule has 7 heteroatoms. The van der Waals surface area contributed by atoms with E-state index < -0.39 is 0 Å². The summed E-state index contributed by atoms with van der Waals surface area (Å²) < 4.78 is 2.38. The smallest absolute Gasteiger partial charge is 0.231 e. The molecule has 3 fully saturated rings. The van der Waals surface area contributed by atoms with Crippen LogP contribution in [0.5, 0.6) is 0 Å². The number of H-pyrrole nitrogens is 1. The van der Waals surface area contributed by atoms with Gasteiger partial charge in [-0.3, -0.25) is 4.79 Å². The summed E-state index contributed by atoms with van der Waals surface area (Å²) in [7, 11) is 0. The minimum atomic E-state index is -0.0714. The fourth-order valence-electron chi connectivity index (χ4n) is 6.13. The van der Waals surface area contributed by atoms with Crippen LogP contribution in [-0.4, -0.2) is 25.4 Å². The van der Waals surface area contributed by atoms with Gasteiger partial charge in [0, 0.05) is 29.2 Å². The first-order valence-electron chi connectivity index (χ1n) is 11.7. The number of amides is 1. The van der Waals surface area contributed by atoms with E-state index in [0.717, 1.165) is 72.1 Å². The number of pyridine rings is 1. The van der Waals surface area contributed by atoms with Crippen molar-refractivity contribution in [1.29, 1.82) is 5.26 Å². The van der Waals surface area contributed by atoms with Crippen LogP contribution in [0.3, 0.4) is 0 Å². The summed E-state index contributed by atoms with van der Waals surface area (Å²) in [6, 6.07) is 14.0. The van der Waals surface area contributed by atoms with Crippen molar-refractivity contribution in [2.75, 3.05) is 5.32 Å². The van der Waals surface area contributed by atoms with Gasteiger partial charge in [0.05, 0.1) is 24.2 Å². The van der Waals surface area contributed by atoms with E-state index in [4.69, 9.17) is 4.98 Å². The standard InChI is InChI=1S/C26H26N6O/c27-14-13-25-7-10-26(11-8-25,12-9-25)32-21(16-22(33)30-18-4-2-1-3-5-18)31-20-17-29-24-19(23(20)32)6-15-28-24/h1-6,15,17H,7-13,16H2,(H,28,29)(H,30,33). The third-order valence-electron chi connectivity index (χ3n) is 7.94. The fourth-order valence-corrected chi connectivity index (χ4v) is 6.13. The van der Waals surface area contributed by atoms with Gasteiger partial charge >= 0.3 is 0 Å². The number of nitrogens with one attached hydrogen (secondary N) is 2. The zero-order chi connectivity index (χ0) is 22.5. The second-order valence-corrected chi connectivity index (χ2v) is 9.75. The Bertz CT molecular complexity index is 1370. The molecular formula is C26H26N6O. The van der Waals surface area contributed by atoms with E-state index in [-0.39, 0.29) is 23.3 Å². The highest BCUT2D eigenvalue weighted by Crippen LogP contribution is 2.58. The minimum Gasteiger partial charge on any atom is -0.346 e. The Morgan fingerprint density at radius 2 is 1.88 bits per heavy atom. The molecule has 166 valence electrons. The predicted molar refractivity (Wildman–Crippen MR) is 126 cm³/mol. The normalized spacial score (nSPS) is 24.2. The number of imidazole rings is 1. The molecule has 0 unspecified atom stereocenters. The molecule has 0 radical (unpaired) electrons. The summed E-state index contributed by atoms with van der Waals surface area (Å²) in [5, 5.41) is 13.4. The number of anilines is 1. The molecule has 0 saturated heterocycles. The SMILES string of the molecule is N#CCC12CCC(n3c(CC(=O)Nc4ccccc4)nc4cnc5[nH]ccc5c43)(CC1)CC2. The molecule has 2 bridgehead atoms. The van der Waals surface area contributed by atoms with Crippen molar-refractivity contribution < 1.29 is 4.79 Å². The van der Waals surface area contributed by atoms with Gasteiger partial charge in [-0.1, -0.05) is 18.2 Å². The number of nitrogens with zero attached hydrogens (tertiary/aromatic N) is 4. The molecule has 0 atom stereocenters. The van der Waals surface area contributed by atoms with Gasteiger partial charge in [-0.15, -0.1) is 0 Å². The summed E-state index contributed by atoms with van der Waals surface area (Å²) in [6.07, 6.45) is 10.8. The molecular weight excluding hydrogens is 412 g/mol. The van der Waals surface area contributed by atoms with E-state index in [0.29, 0.717) is 6.42 Å². The highest BCUT2D eigenvalue weighted by Gasteiger charge is 2.50. The van der Waals surface area contributed by atoms with Crippen molar-refractivity contribution in [3.63, 3.8) is 0 Å². The van der Waals surface area contributed by atoms with Gasteiger partial charge in [0.1, 0.15) is 17.0 Å². The van der Waals surface area contributed by atoms with E-state index >= 15 is 0 Å². The molecule has 3 aromatic heterocycles. The fraction of sp³-hybridized carbons (Fsp3) is 0.385. The third kappa shape index (κ3) is 3.20. The Morgan fingerprint density at radius 3 is 2.61 bits per heavy atom. The van der Waals surface area contributed by atoms with Crippen LogP contribution in [-0.2, 0) is 16.8 Å². The van der Waals surface area contributed by atoms with Crippen molar-refractivity contribution in [3.05, 3.63) is 54.6 Å². The maximum Gasteiger partial charge on any atom is 0.231 e. The first kappa shape index (κ1) is 20.0. The quantitative estimate of drug-likeness (QED) is 0.455. The number of rotatable bonds is 5. The molecule has 1 amide bonds. The van der Waals surface area contributed by atoms with E-state index in [1.54, 1.807) is 0 Å². The summed E-state index contributed by atoms with van der Waals surface area (Å²) >= 11 is 0. The molecule has 33 heavy (non-hydrogen) atoms. The van der Waals surface area contributed by atoms with Crippen molar-refractivity contribution in [2.45, 2.75) is 56.9 Å². The number of benzene rings is 1. The number of para-hydroxylation sites is 1. The summed E-state index contributed by atoms with van der Waals surface area (Å²) in [6.45, 7) is 0. The molecule has 3 aliphatic carbocycles. The van der Waals surface area contributed by atoms with Gasteiger partial charge in [-0.2, -0.15) is 5.26 Å². The predicted octanol–water partition coefficient (Wildman–Crippen LogP) is 5.06. The maximum atomic E-state index is 13.0. The highest BCUT2D eigenvalue weighted by atomic mass is 16.1. The Balaban J connectivity index is 1.44. The van der Waals surface area contributed by atoms with Gasteiger partial charge in [0.25, 0.3) is 0 Å². The molecule has 1 aromatic carbocycles. The van der Waals surface area contributed by atoms with Crippen LogP contribution in [0, 0.1) is 16.7 Å². The lowest BCUT2D eigenvalue weighted by atomic mass is 9.56. The van der Waals surface area contributed by atoms with Crippen LogP contribution < -0.4 is 5.32 Å². The van der Waals surface area contributed by atoms with Crippen LogP contribution >= 0.6 is 0 Å². The van der Waals surface area contributed by atoms with Crippen LogP contribution in [0.4, 0.5) is 5.69 Å². The number of carbonyl (C=O) groups excluding carboxylic acids is 1. The second kappa shape index (κ2) is 7.45. The van der Waals surface area contributed by atoms with Crippen LogP contribution in [0.2, 0.25) is 0 Å². The van der Waals surface area contributed by atoms with Gasteiger partial charge in [0.2, 0.25) is 5.91 Å². The number of nitriles is 1. The average molecular weight is 439 g/mol. The molecule has 0 aliphatic heterocycles. The number of hydrogen-bond acceptors (Lipinski definition) is 4. The number of carbonyl (C=O) groups is 1. The Morgan fingerprint density at radius 1 is 1.12 bits per heavy atom. The number of fused-ring (bicyclic) bond motifs is 6. The Kier molecular flexibility index (Phi) is 4.51. The van der Waals surface area contributed by atoms with Gasteiger partial charge in [-0.25, -0.2) is 9.97 Å². The average Bonchev–Trinajstić information content (AvgIpc) is 3.45. The monoisotopic (exact) mass is 438 g/mol. The maximum absolute atomic E-state index is 13.0. The molecule has 3 saturated carbocycles. The van der Waals surface area contributed by atoms with Crippen molar-refractivity contribution >= 4 is 33.7 Å². The first-order chi connectivity index (χ1) is 16.1. The minimum absolute atomic E-state index is 0.0696. The van der Waals surface area contributed by atoms with E-state index in [2.05, 4.69) is 32.0 Å². The zero-order valence-corrected chi connectivity index (χ0v) is 18.5. The van der Waals surface area contributed by atoms with Crippen LogP contribution in [0.1, 0.15) is 50.8 Å². The Hall–Kier alpha value is -3.66. The lowest BCUT2D eigenvalue weighted by Crippen LogP contribution is -2.48. The second-order valence-electron chi connectivity index (χ2n) is 9.75. The lowest BCUT2D eigenvalue weighted by Gasteiger charge is -2.54.